The average Bonchev–Trinajstić information content (AvgIpc) is 2.79. The third-order valence-electron chi connectivity index (χ3n) is 3.25. The van der Waals surface area contributed by atoms with Gasteiger partial charge in [0.1, 0.15) is 5.75 Å². The molecule has 2 rings (SSSR count). The van der Waals surface area contributed by atoms with Crippen LogP contribution in [0.1, 0.15) is 13.3 Å². The number of rotatable bonds is 4. The monoisotopic (exact) mass is 313 g/mol. The van der Waals surface area contributed by atoms with Gasteiger partial charge in [-0.3, -0.25) is 9.59 Å². The second kappa shape index (κ2) is 7.28. The van der Waals surface area contributed by atoms with E-state index in [1.165, 1.54) is 0 Å². The Kier molecular flexibility index (Phi) is 5.99. The molecule has 1 fully saturated rings. The van der Waals surface area contributed by atoms with E-state index in [2.05, 4.69) is 5.32 Å². The van der Waals surface area contributed by atoms with E-state index in [1.54, 1.807) is 25.0 Å². The van der Waals surface area contributed by atoms with Crippen molar-refractivity contribution in [3.05, 3.63) is 24.3 Å². The Bertz CT molecular complexity index is 522. The number of halogens is 1. The Balaban J connectivity index is 0.00000220. The van der Waals surface area contributed by atoms with Crippen molar-refractivity contribution in [2.75, 3.05) is 18.6 Å². The molecule has 6 nitrogen and oxygen atoms in total. The zero-order chi connectivity index (χ0) is 14.7. The predicted octanol–water partition coefficient (Wildman–Crippen LogP) is 0.686. The first-order valence-electron chi connectivity index (χ1n) is 6.51. The summed E-state index contributed by atoms with van der Waals surface area (Å²) in [7, 11) is 1.58. The first-order chi connectivity index (χ1) is 9.51. The highest BCUT2D eigenvalue weighted by Crippen LogP contribution is 2.25. The molecular formula is C14H20ClN3O3. The van der Waals surface area contributed by atoms with Crippen LogP contribution in [0.25, 0.3) is 0 Å². The fourth-order valence-corrected chi connectivity index (χ4v) is 2.16. The molecule has 1 saturated heterocycles. The van der Waals surface area contributed by atoms with Gasteiger partial charge in [0.2, 0.25) is 11.8 Å². The average molecular weight is 314 g/mol. The molecule has 1 aromatic carbocycles. The number of ether oxygens (including phenoxy) is 1. The number of hydrogen-bond acceptors (Lipinski definition) is 4. The fourth-order valence-electron chi connectivity index (χ4n) is 2.16. The Morgan fingerprint density at radius 3 is 2.86 bits per heavy atom. The van der Waals surface area contributed by atoms with Crippen LogP contribution >= 0.6 is 12.4 Å². The lowest BCUT2D eigenvalue weighted by molar-refractivity contribution is -0.122. The van der Waals surface area contributed by atoms with Gasteiger partial charge in [-0.15, -0.1) is 12.4 Å². The summed E-state index contributed by atoms with van der Waals surface area (Å²) in [5, 5.41) is 2.78. The molecule has 0 aromatic heterocycles. The van der Waals surface area contributed by atoms with Crippen LogP contribution in [0.5, 0.6) is 5.75 Å². The molecule has 1 unspecified atom stereocenters. The molecule has 0 spiro atoms. The van der Waals surface area contributed by atoms with Gasteiger partial charge in [-0.1, -0.05) is 6.07 Å². The molecule has 1 aliphatic rings. The van der Waals surface area contributed by atoms with Gasteiger partial charge in [-0.2, -0.15) is 0 Å². The highest BCUT2D eigenvalue weighted by Gasteiger charge is 2.32. The van der Waals surface area contributed by atoms with E-state index < -0.39 is 6.04 Å². The first-order valence-corrected chi connectivity index (χ1v) is 6.51. The molecule has 1 aromatic rings. The number of methoxy groups -OCH3 is 1. The molecule has 2 atom stereocenters. The lowest BCUT2D eigenvalue weighted by Gasteiger charge is -2.18. The predicted molar refractivity (Wildman–Crippen MR) is 82.8 cm³/mol. The molecule has 1 aliphatic heterocycles. The first kappa shape index (κ1) is 17.3. The number of nitrogens with zero attached hydrogens (tertiary/aromatic N) is 1. The van der Waals surface area contributed by atoms with Crippen LogP contribution in [0.15, 0.2) is 24.3 Å². The number of nitrogens with two attached hydrogens (primary N) is 1. The quantitative estimate of drug-likeness (QED) is 0.856. The lowest BCUT2D eigenvalue weighted by atomic mass is 10.2. The van der Waals surface area contributed by atoms with Gasteiger partial charge in [-0.05, 0) is 19.1 Å². The third-order valence-corrected chi connectivity index (χ3v) is 3.25. The van der Waals surface area contributed by atoms with Crippen LogP contribution in [0.2, 0.25) is 0 Å². The zero-order valence-electron chi connectivity index (χ0n) is 12.0. The van der Waals surface area contributed by atoms with Crippen LogP contribution in [0.3, 0.4) is 0 Å². The van der Waals surface area contributed by atoms with Crippen molar-refractivity contribution in [3.63, 3.8) is 0 Å². The number of anilines is 1. The maximum Gasteiger partial charge on any atom is 0.236 e. The van der Waals surface area contributed by atoms with Gasteiger partial charge < -0.3 is 20.7 Å². The van der Waals surface area contributed by atoms with E-state index in [0.717, 1.165) is 5.69 Å². The Morgan fingerprint density at radius 1 is 1.52 bits per heavy atom. The highest BCUT2D eigenvalue weighted by molar-refractivity contribution is 5.97. The van der Waals surface area contributed by atoms with Crippen molar-refractivity contribution in [2.45, 2.75) is 25.4 Å². The summed E-state index contributed by atoms with van der Waals surface area (Å²) in [6.07, 6.45) is 0.287. The molecule has 7 heteroatoms. The van der Waals surface area contributed by atoms with E-state index >= 15 is 0 Å². The van der Waals surface area contributed by atoms with Gasteiger partial charge in [0.25, 0.3) is 0 Å². The fraction of sp³-hybridized carbons (Fsp3) is 0.429. The third kappa shape index (κ3) is 4.09. The molecule has 0 saturated carbocycles. The molecule has 21 heavy (non-hydrogen) atoms. The topological polar surface area (TPSA) is 84.7 Å². The van der Waals surface area contributed by atoms with Gasteiger partial charge in [0, 0.05) is 24.7 Å². The number of nitrogens with one attached hydrogen (secondary N) is 1. The van der Waals surface area contributed by atoms with Crippen LogP contribution in [0, 0.1) is 0 Å². The molecule has 1 heterocycles. The summed E-state index contributed by atoms with van der Waals surface area (Å²) in [6, 6.07) is 6.52. The second-order valence-electron chi connectivity index (χ2n) is 4.90. The van der Waals surface area contributed by atoms with Gasteiger partial charge in [0.15, 0.2) is 0 Å². The lowest BCUT2D eigenvalue weighted by Crippen LogP contribution is -2.44. The molecule has 0 radical (unpaired) electrons. The highest BCUT2D eigenvalue weighted by atomic mass is 35.5. The summed E-state index contributed by atoms with van der Waals surface area (Å²) in [5.74, 6) is 0.432. The van der Waals surface area contributed by atoms with Crippen LogP contribution in [-0.2, 0) is 9.59 Å². The largest absolute Gasteiger partial charge is 0.497 e. The SMILES string of the molecule is COc1cccc(N2CC(NC(=O)[C@@H](C)N)CC2=O)c1.Cl. The van der Waals surface area contributed by atoms with Gasteiger partial charge in [0.05, 0.1) is 19.2 Å². The van der Waals surface area contributed by atoms with Crippen LogP contribution in [-0.4, -0.2) is 37.6 Å². The summed E-state index contributed by atoms with van der Waals surface area (Å²) in [6.45, 7) is 2.07. The standard InChI is InChI=1S/C14H19N3O3.ClH/c1-9(15)14(19)16-10-6-13(18)17(8-10)11-4-3-5-12(7-11)20-2;/h3-5,7,9-10H,6,8,15H2,1-2H3,(H,16,19);1H/t9-,10?;/m1./s1. The van der Waals surface area contributed by atoms with Crippen molar-refractivity contribution in [1.82, 2.24) is 5.32 Å². The second-order valence-corrected chi connectivity index (χ2v) is 4.90. The smallest absolute Gasteiger partial charge is 0.236 e. The van der Waals surface area contributed by atoms with Crippen molar-refractivity contribution in [3.8, 4) is 5.75 Å². The van der Waals surface area contributed by atoms with Gasteiger partial charge in [-0.25, -0.2) is 0 Å². The van der Waals surface area contributed by atoms with Crippen molar-refractivity contribution < 1.29 is 14.3 Å². The zero-order valence-corrected chi connectivity index (χ0v) is 12.9. The van der Waals surface area contributed by atoms with E-state index in [-0.39, 0.29) is 36.7 Å². The molecule has 3 N–H and O–H groups in total. The number of amides is 2. The maximum atomic E-state index is 12.0. The van der Waals surface area contributed by atoms with E-state index in [0.29, 0.717) is 12.3 Å². The van der Waals surface area contributed by atoms with E-state index in [1.807, 2.05) is 18.2 Å². The van der Waals surface area contributed by atoms with Crippen molar-refractivity contribution >= 4 is 29.9 Å². The maximum absolute atomic E-state index is 12.0. The number of benzene rings is 1. The molecular weight excluding hydrogens is 294 g/mol. The van der Waals surface area contributed by atoms with Gasteiger partial charge >= 0.3 is 0 Å². The van der Waals surface area contributed by atoms with E-state index in [4.69, 9.17) is 10.5 Å². The minimum Gasteiger partial charge on any atom is -0.497 e. The normalized spacial score (nSPS) is 18.9. The summed E-state index contributed by atoms with van der Waals surface area (Å²) < 4.78 is 5.15. The summed E-state index contributed by atoms with van der Waals surface area (Å²) in [5.41, 5.74) is 6.28. The number of carbonyl (C=O) groups excluding carboxylic acids is 2. The Labute approximate surface area is 130 Å². The van der Waals surface area contributed by atoms with Crippen molar-refractivity contribution in [2.24, 2.45) is 5.73 Å². The van der Waals surface area contributed by atoms with Crippen molar-refractivity contribution in [1.29, 1.82) is 0 Å². The number of hydrogen-bond donors (Lipinski definition) is 2. The summed E-state index contributed by atoms with van der Waals surface area (Å²) in [4.78, 5) is 25.2. The number of carbonyl (C=O) groups is 2. The Hall–Kier alpha value is -1.79. The summed E-state index contributed by atoms with van der Waals surface area (Å²) >= 11 is 0. The van der Waals surface area contributed by atoms with Crippen LogP contribution in [0.4, 0.5) is 5.69 Å². The molecule has 0 aliphatic carbocycles. The van der Waals surface area contributed by atoms with E-state index in [9.17, 15) is 9.59 Å². The Morgan fingerprint density at radius 2 is 2.24 bits per heavy atom. The molecule has 116 valence electrons. The molecule has 0 bridgehead atoms. The minimum absolute atomic E-state index is 0. The minimum atomic E-state index is -0.573. The molecule has 2 amide bonds. The van der Waals surface area contributed by atoms with Crippen LogP contribution < -0.4 is 20.7 Å².